The lowest BCUT2D eigenvalue weighted by atomic mass is 9.98. The van der Waals surface area contributed by atoms with E-state index in [2.05, 4.69) is 0 Å². The highest BCUT2D eigenvalue weighted by molar-refractivity contribution is 6.19. The molecule has 3 aliphatic rings. The third kappa shape index (κ3) is 1.17. The number of carbonyl (C=O) groups is 2. The van der Waals surface area contributed by atoms with Gasteiger partial charge in [0.25, 0.3) is 5.91 Å². The van der Waals surface area contributed by atoms with Gasteiger partial charge in [-0.1, -0.05) is 30.3 Å². The molecule has 0 spiro atoms. The van der Waals surface area contributed by atoms with Crippen LogP contribution in [0.1, 0.15) is 28.3 Å². The summed E-state index contributed by atoms with van der Waals surface area (Å²) in [5.74, 6) is 0.187. The minimum Gasteiger partial charge on any atom is -0.289 e. The van der Waals surface area contributed by atoms with Gasteiger partial charge in [0.15, 0.2) is 0 Å². The third-order valence-electron chi connectivity index (χ3n) is 4.76. The first-order chi connectivity index (χ1) is 10.3. The van der Waals surface area contributed by atoms with E-state index in [9.17, 15) is 9.59 Å². The van der Waals surface area contributed by atoms with Crippen molar-refractivity contribution in [2.45, 2.75) is 18.5 Å². The molecular formula is C17H12N2O2. The molecule has 0 bridgehead atoms. The van der Waals surface area contributed by atoms with Gasteiger partial charge in [0.2, 0.25) is 5.91 Å². The molecule has 2 amide bonds. The fourth-order valence-electron chi connectivity index (χ4n) is 3.95. The van der Waals surface area contributed by atoms with Gasteiger partial charge in [-0.15, -0.1) is 0 Å². The zero-order chi connectivity index (χ0) is 14.1. The Morgan fingerprint density at radius 1 is 0.857 bits per heavy atom. The minimum absolute atomic E-state index is 0.00324. The van der Waals surface area contributed by atoms with Crippen molar-refractivity contribution in [3.05, 3.63) is 59.7 Å². The quantitative estimate of drug-likeness (QED) is 0.741. The zero-order valence-corrected chi connectivity index (χ0v) is 11.2. The number of hydrogen-bond acceptors (Lipinski definition) is 2. The standard InChI is InChI=1S/C17H12N2O2/c20-15-9-12-10-5-1-3-7-13(10)19-16(12)18(15)14-8-4-2-6-11(14)17(19)21/h1-8,12,16H,9H2/t12-,16+/m0/s1. The number of anilines is 2. The van der Waals surface area contributed by atoms with Crippen LogP contribution in [0.2, 0.25) is 0 Å². The van der Waals surface area contributed by atoms with Gasteiger partial charge >= 0.3 is 0 Å². The second-order valence-corrected chi connectivity index (χ2v) is 5.74. The maximum atomic E-state index is 12.9. The highest BCUT2D eigenvalue weighted by atomic mass is 16.2. The van der Waals surface area contributed by atoms with Gasteiger partial charge in [0.05, 0.1) is 11.3 Å². The number of rotatable bonds is 0. The van der Waals surface area contributed by atoms with Crippen molar-refractivity contribution < 1.29 is 9.59 Å². The Morgan fingerprint density at radius 2 is 1.57 bits per heavy atom. The van der Waals surface area contributed by atoms with E-state index in [-0.39, 0.29) is 23.9 Å². The molecule has 4 nitrogen and oxygen atoms in total. The molecule has 2 atom stereocenters. The van der Waals surface area contributed by atoms with Crippen molar-refractivity contribution in [3.63, 3.8) is 0 Å². The summed E-state index contributed by atoms with van der Waals surface area (Å²) >= 11 is 0. The Labute approximate surface area is 121 Å². The van der Waals surface area contributed by atoms with Gasteiger partial charge in [0.1, 0.15) is 6.17 Å². The van der Waals surface area contributed by atoms with Gasteiger partial charge in [0, 0.05) is 18.0 Å². The molecule has 0 aliphatic carbocycles. The van der Waals surface area contributed by atoms with Crippen molar-refractivity contribution in [1.82, 2.24) is 0 Å². The van der Waals surface area contributed by atoms with E-state index in [0.717, 1.165) is 16.9 Å². The molecule has 0 unspecified atom stereocenters. The van der Waals surface area contributed by atoms with Gasteiger partial charge in [-0.05, 0) is 23.8 Å². The first kappa shape index (κ1) is 11.1. The second-order valence-electron chi connectivity index (χ2n) is 5.74. The Morgan fingerprint density at radius 3 is 2.43 bits per heavy atom. The Balaban J connectivity index is 1.83. The van der Waals surface area contributed by atoms with Crippen molar-refractivity contribution in [1.29, 1.82) is 0 Å². The lowest BCUT2D eigenvalue weighted by molar-refractivity contribution is -0.117. The highest BCUT2D eigenvalue weighted by Crippen LogP contribution is 2.52. The lowest BCUT2D eigenvalue weighted by Gasteiger charge is -2.38. The van der Waals surface area contributed by atoms with Crippen LogP contribution in [0.25, 0.3) is 0 Å². The summed E-state index contributed by atoms with van der Waals surface area (Å²) < 4.78 is 0. The molecule has 3 aliphatic heterocycles. The zero-order valence-electron chi connectivity index (χ0n) is 11.2. The third-order valence-corrected chi connectivity index (χ3v) is 4.76. The molecule has 0 radical (unpaired) electrons. The second kappa shape index (κ2) is 3.52. The van der Waals surface area contributed by atoms with E-state index in [1.165, 1.54) is 0 Å². The summed E-state index contributed by atoms with van der Waals surface area (Å²) in [5, 5.41) is 0. The molecule has 3 heterocycles. The summed E-state index contributed by atoms with van der Waals surface area (Å²) in [5.41, 5.74) is 3.42. The first-order valence-electron chi connectivity index (χ1n) is 7.11. The maximum Gasteiger partial charge on any atom is 0.262 e. The molecule has 0 aromatic heterocycles. The number of para-hydroxylation sites is 2. The van der Waals surface area contributed by atoms with Crippen molar-refractivity contribution in [2.75, 3.05) is 9.80 Å². The monoisotopic (exact) mass is 276 g/mol. The average molecular weight is 276 g/mol. The molecule has 102 valence electrons. The molecule has 0 saturated carbocycles. The number of fused-ring (bicyclic) bond motifs is 5. The molecule has 2 aromatic carbocycles. The van der Waals surface area contributed by atoms with Crippen molar-refractivity contribution >= 4 is 23.2 Å². The Kier molecular flexibility index (Phi) is 1.86. The summed E-state index contributed by atoms with van der Waals surface area (Å²) in [6.45, 7) is 0. The lowest BCUT2D eigenvalue weighted by Crippen LogP contribution is -2.52. The Hall–Kier alpha value is -2.62. The predicted octanol–water partition coefficient (Wildman–Crippen LogP) is 2.51. The first-order valence-corrected chi connectivity index (χ1v) is 7.11. The van der Waals surface area contributed by atoms with E-state index in [4.69, 9.17) is 0 Å². The number of benzene rings is 2. The van der Waals surface area contributed by atoms with Crippen LogP contribution in [0.4, 0.5) is 11.4 Å². The molecule has 1 saturated heterocycles. The molecule has 4 heteroatoms. The fourth-order valence-corrected chi connectivity index (χ4v) is 3.95. The number of hydrogen-bond donors (Lipinski definition) is 0. The van der Waals surface area contributed by atoms with E-state index in [0.29, 0.717) is 12.0 Å². The van der Waals surface area contributed by atoms with Crippen LogP contribution < -0.4 is 9.80 Å². The smallest absolute Gasteiger partial charge is 0.262 e. The van der Waals surface area contributed by atoms with Crippen LogP contribution in [0.15, 0.2) is 48.5 Å². The average Bonchev–Trinajstić information content (AvgIpc) is 3.01. The Bertz CT molecular complexity index is 814. The van der Waals surface area contributed by atoms with Crippen LogP contribution in [0.5, 0.6) is 0 Å². The summed E-state index contributed by atoms with van der Waals surface area (Å²) in [4.78, 5) is 28.9. The molecule has 1 fully saturated rings. The van der Waals surface area contributed by atoms with Crippen molar-refractivity contribution in [2.24, 2.45) is 0 Å². The summed E-state index contributed by atoms with van der Waals surface area (Å²) in [7, 11) is 0. The minimum atomic E-state index is -0.183. The molecule has 2 aromatic rings. The van der Waals surface area contributed by atoms with Gasteiger partial charge in [-0.2, -0.15) is 0 Å². The number of nitrogens with zero attached hydrogens (tertiary/aromatic N) is 2. The van der Waals surface area contributed by atoms with Crippen LogP contribution in [-0.4, -0.2) is 18.0 Å². The number of carbonyl (C=O) groups excluding carboxylic acids is 2. The normalized spacial score (nSPS) is 25.0. The molecular weight excluding hydrogens is 264 g/mol. The van der Waals surface area contributed by atoms with Crippen LogP contribution >= 0.6 is 0 Å². The van der Waals surface area contributed by atoms with E-state index < -0.39 is 0 Å². The fraction of sp³-hybridized carbons (Fsp3) is 0.176. The number of amides is 2. The van der Waals surface area contributed by atoms with Crippen LogP contribution in [0, 0.1) is 0 Å². The summed E-state index contributed by atoms with van der Waals surface area (Å²) in [6.07, 6.45) is 0.289. The highest BCUT2D eigenvalue weighted by Gasteiger charge is 2.55. The molecule has 5 rings (SSSR count). The maximum absolute atomic E-state index is 12.9. The SMILES string of the molecule is O=C1C[C@H]2c3ccccc3N3C(=O)c4ccccc4N1[C@@H]23. The largest absolute Gasteiger partial charge is 0.289 e. The topological polar surface area (TPSA) is 40.6 Å². The van der Waals surface area contributed by atoms with E-state index >= 15 is 0 Å². The van der Waals surface area contributed by atoms with E-state index in [1.807, 2.05) is 42.5 Å². The van der Waals surface area contributed by atoms with Gasteiger partial charge in [-0.3, -0.25) is 19.4 Å². The predicted molar refractivity (Wildman–Crippen MR) is 78.3 cm³/mol. The van der Waals surface area contributed by atoms with Crippen molar-refractivity contribution in [3.8, 4) is 0 Å². The van der Waals surface area contributed by atoms with Gasteiger partial charge in [-0.25, -0.2) is 0 Å². The van der Waals surface area contributed by atoms with Gasteiger partial charge < -0.3 is 0 Å². The van der Waals surface area contributed by atoms with Crippen LogP contribution in [-0.2, 0) is 4.79 Å². The summed E-state index contributed by atoms with van der Waals surface area (Å²) in [6, 6.07) is 15.3. The molecule has 0 N–H and O–H groups in total. The van der Waals surface area contributed by atoms with Crippen LogP contribution in [0.3, 0.4) is 0 Å². The molecule has 21 heavy (non-hydrogen) atoms. The van der Waals surface area contributed by atoms with E-state index in [1.54, 1.807) is 15.9 Å².